The topological polar surface area (TPSA) is 131 Å². The van der Waals surface area contributed by atoms with Gasteiger partial charge in [0.1, 0.15) is 39.6 Å². The third kappa shape index (κ3) is 5.76. The molecule has 5 fully saturated rings. The molecule has 9 rings (SSSR count). The Morgan fingerprint density at radius 1 is 1.04 bits per heavy atom. The number of rotatable bonds is 8. The summed E-state index contributed by atoms with van der Waals surface area (Å²) in [6.07, 6.45) is 8.58. The van der Waals surface area contributed by atoms with E-state index in [1.807, 2.05) is 4.90 Å². The predicted octanol–water partition coefficient (Wildman–Crippen LogP) is 6.11. The SMILES string of the molecule is COc1nc(-c2cc(O)cc3cccc(F)c23)c(F)c2nc(OCC34CCCC3N(C3CC(OC)C3)CCC4)nc(N3CCCC4(CNC(=O)O4)C3)c12. The number of aromatic nitrogens is 3. The maximum Gasteiger partial charge on any atom is 0.407 e. The number of alkyl carbamates (subject to hydrolysis) is 1. The Kier molecular flexibility index (Phi) is 8.45. The van der Waals surface area contributed by atoms with E-state index in [1.165, 1.54) is 31.4 Å². The van der Waals surface area contributed by atoms with Crippen molar-refractivity contribution in [1.29, 1.82) is 0 Å². The molecule has 3 saturated heterocycles. The van der Waals surface area contributed by atoms with Gasteiger partial charge >= 0.3 is 12.1 Å². The maximum absolute atomic E-state index is 17.2. The van der Waals surface area contributed by atoms with E-state index in [4.69, 9.17) is 28.9 Å². The summed E-state index contributed by atoms with van der Waals surface area (Å²) in [5, 5.41) is 14.1. The zero-order chi connectivity index (χ0) is 36.5. The highest BCUT2D eigenvalue weighted by Crippen LogP contribution is 2.51. The fourth-order valence-corrected chi connectivity index (χ4v) is 9.87. The van der Waals surface area contributed by atoms with Crippen LogP contribution in [0.3, 0.4) is 0 Å². The fourth-order valence-electron chi connectivity index (χ4n) is 9.87. The molecule has 1 spiro atoms. The molecule has 3 aliphatic heterocycles. The molecule has 3 atom stereocenters. The van der Waals surface area contributed by atoms with Gasteiger partial charge in [-0.25, -0.2) is 18.6 Å². The molecule has 53 heavy (non-hydrogen) atoms. The Balaban J connectivity index is 1.15. The first-order valence-electron chi connectivity index (χ1n) is 18.7. The number of carbonyl (C=O) groups excluding carboxylic acids is 1. The van der Waals surface area contributed by atoms with E-state index in [0.717, 1.165) is 51.5 Å². The minimum Gasteiger partial charge on any atom is -0.508 e. The molecule has 5 aliphatic rings. The molecule has 12 nitrogen and oxygen atoms in total. The van der Waals surface area contributed by atoms with Crippen LogP contribution in [-0.2, 0) is 9.47 Å². The van der Waals surface area contributed by atoms with Crippen LogP contribution in [0.1, 0.15) is 57.8 Å². The van der Waals surface area contributed by atoms with Crippen LogP contribution in [0.2, 0.25) is 0 Å². The highest BCUT2D eigenvalue weighted by molar-refractivity contribution is 6.02. The monoisotopic (exact) mass is 730 g/mol. The second-order valence-electron chi connectivity index (χ2n) is 15.5. The molecule has 2 aromatic carbocycles. The molecule has 4 aromatic rings. The first-order chi connectivity index (χ1) is 25.7. The molecule has 2 saturated carbocycles. The van der Waals surface area contributed by atoms with Gasteiger partial charge in [-0.2, -0.15) is 9.97 Å². The van der Waals surface area contributed by atoms with Crippen molar-refractivity contribution in [2.24, 2.45) is 5.41 Å². The van der Waals surface area contributed by atoms with Gasteiger partial charge in [-0.1, -0.05) is 18.6 Å². The molecular weight excluding hydrogens is 686 g/mol. The predicted molar refractivity (Wildman–Crippen MR) is 192 cm³/mol. The molecule has 1 amide bonds. The van der Waals surface area contributed by atoms with E-state index in [-0.39, 0.29) is 50.6 Å². The summed E-state index contributed by atoms with van der Waals surface area (Å²) in [6, 6.07) is 8.05. The number of amides is 1. The van der Waals surface area contributed by atoms with Crippen LogP contribution >= 0.6 is 0 Å². The van der Waals surface area contributed by atoms with Crippen molar-refractivity contribution in [1.82, 2.24) is 25.2 Å². The number of hydrogen-bond donors (Lipinski definition) is 2. The molecule has 0 bridgehead atoms. The van der Waals surface area contributed by atoms with E-state index in [9.17, 15) is 9.90 Å². The Morgan fingerprint density at radius 2 is 1.87 bits per heavy atom. The van der Waals surface area contributed by atoms with Crippen LogP contribution < -0.4 is 19.7 Å². The number of pyridine rings is 1. The van der Waals surface area contributed by atoms with E-state index in [0.29, 0.717) is 68.5 Å². The molecule has 2 N–H and O–H groups in total. The average molecular weight is 731 g/mol. The number of nitrogens with zero attached hydrogens (tertiary/aromatic N) is 5. The van der Waals surface area contributed by atoms with Crippen molar-refractivity contribution in [2.45, 2.75) is 81.6 Å². The van der Waals surface area contributed by atoms with Gasteiger partial charge in [0, 0.05) is 42.1 Å². The zero-order valence-electron chi connectivity index (χ0n) is 30.0. The van der Waals surface area contributed by atoms with Crippen molar-refractivity contribution in [3.63, 3.8) is 0 Å². The van der Waals surface area contributed by atoms with Gasteiger partial charge in [0.25, 0.3) is 0 Å². The normalized spacial score (nSPS) is 28.6. The second kappa shape index (κ2) is 13.1. The van der Waals surface area contributed by atoms with E-state index in [1.54, 1.807) is 13.2 Å². The van der Waals surface area contributed by atoms with Gasteiger partial charge < -0.3 is 34.3 Å². The molecule has 2 aliphatic carbocycles. The lowest BCUT2D eigenvalue weighted by Gasteiger charge is -2.53. The van der Waals surface area contributed by atoms with Crippen molar-refractivity contribution in [2.75, 3.05) is 51.9 Å². The first-order valence-corrected chi connectivity index (χ1v) is 18.7. The van der Waals surface area contributed by atoms with Crippen LogP contribution in [0.15, 0.2) is 30.3 Å². The van der Waals surface area contributed by atoms with Crippen LogP contribution in [0, 0.1) is 17.0 Å². The number of ether oxygens (including phenoxy) is 4. The fraction of sp³-hybridized carbons (Fsp3) is 0.538. The minimum atomic E-state index is -0.830. The van der Waals surface area contributed by atoms with Gasteiger partial charge in [-0.3, -0.25) is 4.90 Å². The number of halogens is 2. The summed E-state index contributed by atoms with van der Waals surface area (Å²) in [6.45, 7) is 2.63. The van der Waals surface area contributed by atoms with E-state index in [2.05, 4.69) is 15.2 Å². The number of fused-ring (bicyclic) bond motifs is 3. The van der Waals surface area contributed by atoms with Crippen molar-refractivity contribution >= 4 is 33.6 Å². The highest BCUT2D eigenvalue weighted by Gasteiger charge is 2.52. The van der Waals surface area contributed by atoms with Gasteiger partial charge in [0.05, 0.1) is 32.9 Å². The van der Waals surface area contributed by atoms with Crippen molar-refractivity contribution < 1.29 is 37.6 Å². The molecule has 2 aromatic heterocycles. The van der Waals surface area contributed by atoms with E-state index >= 15 is 8.78 Å². The lowest BCUT2D eigenvalue weighted by atomic mass is 9.73. The average Bonchev–Trinajstić information content (AvgIpc) is 3.73. The number of benzene rings is 2. The number of piperidine rings is 2. The third-order valence-electron chi connectivity index (χ3n) is 12.5. The van der Waals surface area contributed by atoms with Crippen LogP contribution in [0.25, 0.3) is 32.9 Å². The standard InChI is InChI=1S/C39H44F2N6O6/c1-50-25-16-23(17-25)47-14-5-11-38(10-4-9-28(38)47)21-52-36-44-33-30(34(45-36)46-13-6-12-39(20-46)19-42-37(49)53-39)35(51-2)43-32(31(33)41)26-18-24(48)15-22-7-3-8-27(40)29(22)26/h3,7-8,15,18,23,25,28,48H,4-6,9-14,16-17,19-21H2,1-2H3,(H,42,49). The van der Waals surface area contributed by atoms with Gasteiger partial charge in [0.2, 0.25) is 5.88 Å². The zero-order valence-corrected chi connectivity index (χ0v) is 30.0. The molecular formula is C39H44F2N6O6. The summed E-state index contributed by atoms with van der Waals surface area (Å²) in [7, 11) is 3.20. The van der Waals surface area contributed by atoms with Crippen LogP contribution in [-0.4, -0.2) is 102 Å². The Labute approximate surface area is 305 Å². The number of phenols is 1. The maximum atomic E-state index is 17.2. The second-order valence-corrected chi connectivity index (χ2v) is 15.5. The lowest BCUT2D eigenvalue weighted by Crippen LogP contribution is -2.59. The quantitative estimate of drug-likeness (QED) is 0.218. The number of phenolic OH excluding ortho intramolecular Hbond substituents is 1. The minimum absolute atomic E-state index is 0.0129. The number of carbonyl (C=O) groups is 1. The van der Waals surface area contributed by atoms with Crippen LogP contribution in [0.4, 0.5) is 19.4 Å². The molecule has 3 unspecified atom stereocenters. The van der Waals surface area contributed by atoms with E-state index < -0.39 is 23.3 Å². The molecule has 14 heteroatoms. The number of hydrogen-bond acceptors (Lipinski definition) is 11. The summed E-state index contributed by atoms with van der Waals surface area (Å²) < 4.78 is 56.4. The summed E-state index contributed by atoms with van der Waals surface area (Å²) in [4.78, 5) is 31.1. The number of aromatic hydroxyl groups is 1. The third-order valence-corrected chi connectivity index (χ3v) is 12.5. The lowest BCUT2D eigenvalue weighted by molar-refractivity contribution is -0.0845. The molecule has 5 heterocycles. The van der Waals surface area contributed by atoms with Crippen molar-refractivity contribution in [3.05, 3.63) is 42.0 Å². The molecule has 280 valence electrons. The highest BCUT2D eigenvalue weighted by atomic mass is 19.1. The first kappa shape index (κ1) is 34.2. The summed E-state index contributed by atoms with van der Waals surface area (Å²) >= 11 is 0. The van der Waals surface area contributed by atoms with Crippen LogP contribution in [0.5, 0.6) is 17.6 Å². The Bertz CT molecular complexity index is 2100. The number of methoxy groups -OCH3 is 2. The van der Waals surface area contributed by atoms with Gasteiger partial charge in [-0.05, 0) is 81.5 Å². The Morgan fingerprint density at radius 3 is 2.66 bits per heavy atom. The summed E-state index contributed by atoms with van der Waals surface area (Å²) in [5.41, 5.74) is -1.15. The Hall–Kier alpha value is -4.56. The number of nitrogens with one attached hydrogen (secondary N) is 1. The smallest absolute Gasteiger partial charge is 0.407 e. The largest absolute Gasteiger partial charge is 0.508 e. The van der Waals surface area contributed by atoms with Crippen molar-refractivity contribution in [3.8, 4) is 28.9 Å². The van der Waals surface area contributed by atoms with Gasteiger partial charge in [0.15, 0.2) is 5.82 Å². The summed E-state index contributed by atoms with van der Waals surface area (Å²) in [5.74, 6) is -1.21. The molecule has 0 radical (unpaired) electrons. The number of anilines is 1. The van der Waals surface area contributed by atoms with Gasteiger partial charge in [-0.15, -0.1) is 0 Å². The number of likely N-dealkylation sites (tertiary alicyclic amines) is 1.